The Balaban J connectivity index is 1.93. The van der Waals surface area contributed by atoms with Crippen molar-refractivity contribution in [3.63, 3.8) is 0 Å². The highest BCUT2D eigenvalue weighted by Crippen LogP contribution is 2.30. The summed E-state index contributed by atoms with van der Waals surface area (Å²) in [5.41, 5.74) is 0.385. The number of hydrogen-bond acceptors (Lipinski definition) is 2. The van der Waals surface area contributed by atoms with Crippen molar-refractivity contribution in [2.45, 2.75) is 65.5 Å². The Morgan fingerprint density at radius 1 is 1.24 bits per heavy atom. The number of nitrogens with zero attached hydrogens (tertiary/aromatic N) is 1. The van der Waals surface area contributed by atoms with E-state index < -0.39 is 0 Å². The molecule has 2 rings (SSSR count). The van der Waals surface area contributed by atoms with Gasteiger partial charge in [-0.15, -0.1) is 0 Å². The van der Waals surface area contributed by atoms with Gasteiger partial charge in [-0.25, -0.2) is 0 Å². The van der Waals surface area contributed by atoms with E-state index in [9.17, 15) is 0 Å². The molecular formula is C15H30N2. The normalized spacial score (nSPS) is 32.5. The molecule has 17 heavy (non-hydrogen) atoms. The second-order valence-corrected chi connectivity index (χ2v) is 7.14. The van der Waals surface area contributed by atoms with E-state index >= 15 is 0 Å². The molecule has 1 saturated heterocycles. The highest BCUT2D eigenvalue weighted by Gasteiger charge is 2.34. The van der Waals surface area contributed by atoms with Gasteiger partial charge >= 0.3 is 0 Å². The van der Waals surface area contributed by atoms with Gasteiger partial charge in [-0.3, -0.25) is 4.90 Å². The van der Waals surface area contributed by atoms with Crippen LogP contribution in [0.4, 0.5) is 0 Å². The van der Waals surface area contributed by atoms with Crippen LogP contribution in [0.1, 0.15) is 53.4 Å². The Bertz CT molecular complexity index is 240. The molecule has 2 atom stereocenters. The van der Waals surface area contributed by atoms with E-state index in [1.165, 1.54) is 45.3 Å². The summed E-state index contributed by atoms with van der Waals surface area (Å²) in [7, 11) is 0. The Morgan fingerprint density at radius 2 is 1.94 bits per heavy atom. The molecule has 0 radical (unpaired) electrons. The van der Waals surface area contributed by atoms with E-state index in [1.54, 1.807) is 0 Å². The van der Waals surface area contributed by atoms with Crippen molar-refractivity contribution in [3.05, 3.63) is 0 Å². The van der Waals surface area contributed by atoms with E-state index in [2.05, 4.69) is 37.9 Å². The first-order chi connectivity index (χ1) is 8.00. The number of hydrogen-bond donors (Lipinski definition) is 1. The fourth-order valence-corrected chi connectivity index (χ4v) is 3.07. The van der Waals surface area contributed by atoms with Gasteiger partial charge in [0.1, 0.15) is 0 Å². The lowest BCUT2D eigenvalue weighted by Crippen LogP contribution is -2.61. The van der Waals surface area contributed by atoms with Crippen LogP contribution < -0.4 is 5.32 Å². The van der Waals surface area contributed by atoms with Gasteiger partial charge in [0.05, 0.1) is 0 Å². The minimum absolute atomic E-state index is 0.385. The van der Waals surface area contributed by atoms with E-state index in [-0.39, 0.29) is 0 Å². The Labute approximate surface area is 107 Å². The Kier molecular flexibility index (Phi) is 4.14. The molecule has 2 aliphatic rings. The van der Waals surface area contributed by atoms with Gasteiger partial charge < -0.3 is 5.32 Å². The molecule has 0 bridgehead atoms. The maximum absolute atomic E-state index is 3.76. The van der Waals surface area contributed by atoms with Gasteiger partial charge in [-0.1, -0.05) is 34.1 Å². The van der Waals surface area contributed by atoms with Crippen molar-refractivity contribution in [2.24, 2.45) is 11.3 Å². The van der Waals surface area contributed by atoms with E-state index in [0.29, 0.717) is 11.5 Å². The van der Waals surface area contributed by atoms with Gasteiger partial charge in [0.25, 0.3) is 0 Å². The summed E-state index contributed by atoms with van der Waals surface area (Å²) < 4.78 is 0. The van der Waals surface area contributed by atoms with Crippen LogP contribution in [-0.2, 0) is 0 Å². The average Bonchev–Trinajstić information content (AvgIpc) is 2.22. The van der Waals surface area contributed by atoms with Crippen LogP contribution >= 0.6 is 0 Å². The summed E-state index contributed by atoms with van der Waals surface area (Å²) >= 11 is 0. The number of rotatable bonds is 3. The van der Waals surface area contributed by atoms with Gasteiger partial charge in [-0.2, -0.15) is 0 Å². The monoisotopic (exact) mass is 238 g/mol. The van der Waals surface area contributed by atoms with Crippen LogP contribution in [0.5, 0.6) is 0 Å². The van der Waals surface area contributed by atoms with Gasteiger partial charge in [0.2, 0.25) is 0 Å². The topological polar surface area (TPSA) is 15.3 Å². The maximum Gasteiger partial charge on any atom is 0.0244 e. The van der Waals surface area contributed by atoms with Gasteiger partial charge in [-0.05, 0) is 30.6 Å². The molecule has 0 aromatic carbocycles. The molecule has 0 amide bonds. The molecule has 2 fully saturated rings. The first-order valence-electron chi connectivity index (χ1n) is 7.48. The lowest BCUT2D eigenvalue weighted by Gasteiger charge is -2.47. The van der Waals surface area contributed by atoms with Crippen LogP contribution in [0, 0.1) is 11.3 Å². The SMILES string of the molecule is CCC1CNC(C(C)(C)C)CN1CC1CCC1. The third-order valence-electron chi connectivity index (χ3n) is 4.77. The molecule has 0 aromatic rings. The molecule has 0 spiro atoms. The molecule has 1 saturated carbocycles. The van der Waals surface area contributed by atoms with E-state index in [1.807, 2.05) is 0 Å². The standard InChI is InChI=1S/C15H30N2/c1-5-13-9-16-14(15(2,3)4)11-17(13)10-12-7-6-8-12/h12-14,16H,5-11H2,1-4H3. The first-order valence-corrected chi connectivity index (χ1v) is 7.48. The minimum atomic E-state index is 0.385. The predicted molar refractivity (Wildman–Crippen MR) is 74.2 cm³/mol. The minimum Gasteiger partial charge on any atom is -0.311 e. The lowest BCUT2D eigenvalue weighted by molar-refractivity contribution is 0.0568. The summed E-state index contributed by atoms with van der Waals surface area (Å²) in [5.74, 6) is 1.00. The van der Waals surface area contributed by atoms with Crippen molar-refractivity contribution in [2.75, 3.05) is 19.6 Å². The summed E-state index contributed by atoms with van der Waals surface area (Å²) in [4.78, 5) is 2.77. The number of piperazine rings is 1. The van der Waals surface area contributed by atoms with Crippen molar-refractivity contribution >= 4 is 0 Å². The fourth-order valence-electron chi connectivity index (χ4n) is 3.07. The number of nitrogens with one attached hydrogen (secondary N) is 1. The summed E-state index contributed by atoms with van der Waals surface area (Å²) in [6.45, 7) is 13.2. The van der Waals surface area contributed by atoms with Crippen LogP contribution in [0.25, 0.3) is 0 Å². The summed E-state index contributed by atoms with van der Waals surface area (Å²) in [6.07, 6.45) is 5.70. The third kappa shape index (κ3) is 3.23. The summed E-state index contributed by atoms with van der Waals surface area (Å²) in [5, 5.41) is 3.76. The Hall–Kier alpha value is -0.0800. The zero-order chi connectivity index (χ0) is 12.5. The van der Waals surface area contributed by atoms with E-state index in [4.69, 9.17) is 0 Å². The molecule has 1 N–H and O–H groups in total. The molecule has 2 unspecified atom stereocenters. The first kappa shape index (κ1) is 13.4. The summed E-state index contributed by atoms with van der Waals surface area (Å²) in [6, 6.07) is 1.43. The fraction of sp³-hybridized carbons (Fsp3) is 1.00. The van der Waals surface area contributed by atoms with Gasteiger partial charge in [0.15, 0.2) is 0 Å². The highest BCUT2D eigenvalue weighted by molar-refractivity contribution is 4.92. The smallest absolute Gasteiger partial charge is 0.0244 e. The highest BCUT2D eigenvalue weighted by atomic mass is 15.2. The predicted octanol–water partition coefficient (Wildman–Crippen LogP) is 2.89. The van der Waals surface area contributed by atoms with Crippen molar-refractivity contribution < 1.29 is 0 Å². The molecule has 0 aromatic heterocycles. The van der Waals surface area contributed by atoms with E-state index in [0.717, 1.165) is 12.0 Å². The molecule has 2 heteroatoms. The van der Waals surface area contributed by atoms with Crippen LogP contribution in [0.15, 0.2) is 0 Å². The average molecular weight is 238 g/mol. The maximum atomic E-state index is 3.76. The van der Waals surface area contributed by atoms with Gasteiger partial charge in [0, 0.05) is 31.7 Å². The zero-order valence-electron chi connectivity index (χ0n) is 12.1. The van der Waals surface area contributed by atoms with Crippen molar-refractivity contribution in [3.8, 4) is 0 Å². The second-order valence-electron chi connectivity index (χ2n) is 7.14. The zero-order valence-corrected chi connectivity index (χ0v) is 12.1. The molecule has 1 aliphatic carbocycles. The molecule has 100 valence electrons. The van der Waals surface area contributed by atoms with Crippen molar-refractivity contribution in [1.82, 2.24) is 10.2 Å². The second kappa shape index (κ2) is 5.27. The molecule has 1 aliphatic heterocycles. The quantitative estimate of drug-likeness (QED) is 0.813. The lowest BCUT2D eigenvalue weighted by atomic mass is 9.82. The molecular weight excluding hydrogens is 208 g/mol. The third-order valence-corrected chi connectivity index (χ3v) is 4.77. The molecule has 1 heterocycles. The van der Waals surface area contributed by atoms with Crippen LogP contribution in [0.3, 0.4) is 0 Å². The largest absolute Gasteiger partial charge is 0.311 e. The van der Waals surface area contributed by atoms with Crippen molar-refractivity contribution in [1.29, 1.82) is 0 Å². The Morgan fingerprint density at radius 3 is 2.41 bits per heavy atom. The van der Waals surface area contributed by atoms with Crippen LogP contribution in [0.2, 0.25) is 0 Å². The van der Waals surface area contributed by atoms with Crippen LogP contribution in [-0.4, -0.2) is 36.6 Å². The molecule has 2 nitrogen and oxygen atoms in total.